The van der Waals surface area contributed by atoms with Crippen molar-refractivity contribution in [1.82, 2.24) is 5.32 Å². The summed E-state index contributed by atoms with van der Waals surface area (Å²) < 4.78 is 38.3. The van der Waals surface area contributed by atoms with Crippen molar-refractivity contribution >= 4 is 21.6 Å². The van der Waals surface area contributed by atoms with Crippen molar-refractivity contribution in [3.63, 3.8) is 0 Å². The molecule has 1 aromatic rings. The Morgan fingerprint density at radius 1 is 1.40 bits per heavy atom. The fourth-order valence-corrected chi connectivity index (χ4v) is 2.97. The molecule has 1 fully saturated rings. The van der Waals surface area contributed by atoms with Crippen LogP contribution in [0.25, 0.3) is 0 Å². The Labute approximate surface area is 125 Å². The van der Waals surface area contributed by atoms with Crippen molar-refractivity contribution < 1.29 is 13.2 Å². The summed E-state index contributed by atoms with van der Waals surface area (Å²) in [5.74, 6) is 0.498. The number of hydrogen-bond acceptors (Lipinski definition) is 2. The Kier molecular flexibility index (Phi) is 4.96. The van der Waals surface area contributed by atoms with Gasteiger partial charge in [-0.05, 0) is 72.9 Å². The van der Waals surface area contributed by atoms with Gasteiger partial charge in [0.15, 0.2) is 0 Å². The fourth-order valence-electron chi connectivity index (χ4n) is 2.48. The van der Waals surface area contributed by atoms with E-state index in [4.69, 9.17) is 0 Å². The SMILES string of the molecule is CC(Nc1ccc(C(F)(F)F)cc1Br)C1CCCNC1. The van der Waals surface area contributed by atoms with Gasteiger partial charge in [0.25, 0.3) is 0 Å². The molecule has 1 aromatic carbocycles. The molecule has 0 saturated carbocycles. The molecule has 6 heteroatoms. The zero-order valence-electron chi connectivity index (χ0n) is 11.2. The van der Waals surface area contributed by atoms with E-state index in [-0.39, 0.29) is 6.04 Å². The average Bonchev–Trinajstić information content (AvgIpc) is 2.41. The van der Waals surface area contributed by atoms with Gasteiger partial charge in [0.05, 0.1) is 5.56 Å². The van der Waals surface area contributed by atoms with Gasteiger partial charge in [-0.2, -0.15) is 13.2 Å². The summed E-state index contributed by atoms with van der Waals surface area (Å²) in [4.78, 5) is 0. The Morgan fingerprint density at radius 2 is 2.15 bits per heavy atom. The number of benzene rings is 1. The molecule has 1 saturated heterocycles. The molecule has 1 aliphatic heterocycles. The number of anilines is 1. The number of halogens is 4. The third-order valence-electron chi connectivity index (χ3n) is 3.72. The monoisotopic (exact) mass is 350 g/mol. The van der Waals surface area contributed by atoms with Crippen molar-refractivity contribution in [3.8, 4) is 0 Å². The molecule has 0 radical (unpaired) electrons. The van der Waals surface area contributed by atoms with Crippen LogP contribution in [0, 0.1) is 5.92 Å². The van der Waals surface area contributed by atoms with Crippen LogP contribution in [0.15, 0.2) is 22.7 Å². The van der Waals surface area contributed by atoms with Crippen LogP contribution < -0.4 is 10.6 Å². The number of hydrogen-bond donors (Lipinski definition) is 2. The van der Waals surface area contributed by atoms with E-state index >= 15 is 0 Å². The highest BCUT2D eigenvalue weighted by atomic mass is 79.9. The highest BCUT2D eigenvalue weighted by Gasteiger charge is 2.31. The van der Waals surface area contributed by atoms with E-state index in [9.17, 15) is 13.2 Å². The van der Waals surface area contributed by atoms with Crippen LogP contribution >= 0.6 is 15.9 Å². The molecular weight excluding hydrogens is 333 g/mol. The number of rotatable bonds is 3. The average molecular weight is 351 g/mol. The summed E-state index contributed by atoms with van der Waals surface area (Å²) in [5, 5.41) is 6.65. The second kappa shape index (κ2) is 6.35. The predicted octanol–water partition coefficient (Wildman–Crippen LogP) is 4.27. The van der Waals surface area contributed by atoms with Crippen molar-refractivity contribution in [2.75, 3.05) is 18.4 Å². The van der Waals surface area contributed by atoms with Crippen molar-refractivity contribution in [1.29, 1.82) is 0 Å². The van der Waals surface area contributed by atoms with Crippen molar-refractivity contribution in [3.05, 3.63) is 28.2 Å². The summed E-state index contributed by atoms with van der Waals surface area (Å²) in [6.07, 6.45) is -2.02. The van der Waals surface area contributed by atoms with E-state index < -0.39 is 11.7 Å². The largest absolute Gasteiger partial charge is 0.416 e. The van der Waals surface area contributed by atoms with Crippen LogP contribution in [0.5, 0.6) is 0 Å². The second-order valence-electron chi connectivity index (χ2n) is 5.23. The van der Waals surface area contributed by atoms with Crippen LogP contribution in [-0.4, -0.2) is 19.1 Å². The van der Waals surface area contributed by atoms with Crippen LogP contribution in [0.4, 0.5) is 18.9 Å². The summed E-state index contributed by atoms with van der Waals surface area (Å²) >= 11 is 3.21. The second-order valence-corrected chi connectivity index (χ2v) is 6.09. The molecule has 1 heterocycles. The van der Waals surface area contributed by atoms with Crippen LogP contribution in [0.2, 0.25) is 0 Å². The quantitative estimate of drug-likeness (QED) is 0.850. The van der Waals surface area contributed by atoms with Gasteiger partial charge in [0.2, 0.25) is 0 Å². The number of alkyl halides is 3. The summed E-state index contributed by atoms with van der Waals surface area (Å²) in [6, 6.07) is 3.93. The topological polar surface area (TPSA) is 24.1 Å². The van der Waals surface area contributed by atoms with E-state index in [2.05, 4.69) is 33.5 Å². The van der Waals surface area contributed by atoms with Gasteiger partial charge in [0.1, 0.15) is 0 Å². The van der Waals surface area contributed by atoms with Crippen LogP contribution in [0.1, 0.15) is 25.3 Å². The minimum Gasteiger partial charge on any atom is -0.381 e. The summed E-state index contributed by atoms with van der Waals surface area (Å²) in [6.45, 7) is 4.07. The third kappa shape index (κ3) is 3.88. The predicted molar refractivity (Wildman–Crippen MR) is 77.8 cm³/mol. The zero-order chi connectivity index (χ0) is 14.8. The molecule has 1 aliphatic rings. The Bertz CT molecular complexity index is 456. The van der Waals surface area contributed by atoms with Gasteiger partial charge in [-0.1, -0.05) is 0 Å². The standard InChI is InChI=1S/C14H18BrF3N2/c1-9(10-3-2-6-19-8-10)20-13-5-4-11(7-12(13)15)14(16,17)18/h4-5,7,9-10,19-20H,2-3,6,8H2,1H3. The first kappa shape index (κ1) is 15.6. The molecule has 2 atom stereocenters. The molecule has 2 nitrogen and oxygen atoms in total. The van der Waals surface area contributed by atoms with E-state index in [0.717, 1.165) is 38.1 Å². The lowest BCUT2D eigenvalue weighted by Gasteiger charge is -2.30. The molecule has 2 N–H and O–H groups in total. The Hall–Kier alpha value is -0.750. The first-order valence-electron chi connectivity index (χ1n) is 6.72. The van der Waals surface area contributed by atoms with Crippen LogP contribution in [-0.2, 0) is 6.18 Å². The molecule has 20 heavy (non-hydrogen) atoms. The van der Waals surface area contributed by atoms with Gasteiger partial charge >= 0.3 is 6.18 Å². The maximum absolute atomic E-state index is 12.6. The molecule has 2 rings (SSSR count). The summed E-state index contributed by atoms with van der Waals surface area (Å²) in [5.41, 5.74) is 0.0676. The molecular formula is C14H18BrF3N2. The van der Waals surface area contributed by atoms with Gasteiger partial charge in [-0.25, -0.2) is 0 Å². The zero-order valence-corrected chi connectivity index (χ0v) is 12.8. The van der Waals surface area contributed by atoms with Crippen LogP contribution in [0.3, 0.4) is 0 Å². The maximum atomic E-state index is 12.6. The van der Waals surface area contributed by atoms with Gasteiger partial charge < -0.3 is 10.6 Å². The van der Waals surface area contributed by atoms with Gasteiger partial charge in [0, 0.05) is 16.2 Å². The van der Waals surface area contributed by atoms with Gasteiger partial charge in [-0.15, -0.1) is 0 Å². The Balaban J connectivity index is 2.05. The van der Waals surface area contributed by atoms with E-state index in [1.165, 1.54) is 6.07 Å². The van der Waals surface area contributed by atoms with Gasteiger partial charge in [-0.3, -0.25) is 0 Å². The number of piperidine rings is 1. The molecule has 112 valence electrons. The lowest BCUT2D eigenvalue weighted by molar-refractivity contribution is -0.137. The molecule has 0 spiro atoms. The molecule has 0 amide bonds. The highest BCUT2D eigenvalue weighted by molar-refractivity contribution is 9.10. The first-order valence-corrected chi connectivity index (χ1v) is 7.51. The molecule has 0 aromatic heterocycles. The van der Waals surface area contributed by atoms with E-state index in [1.807, 2.05) is 0 Å². The summed E-state index contributed by atoms with van der Waals surface area (Å²) in [7, 11) is 0. The molecule has 0 bridgehead atoms. The fraction of sp³-hybridized carbons (Fsp3) is 0.571. The minimum absolute atomic E-state index is 0.218. The van der Waals surface area contributed by atoms with Crippen molar-refractivity contribution in [2.45, 2.75) is 32.0 Å². The number of nitrogens with one attached hydrogen (secondary N) is 2. The Morgan fingerprint density at radius 3 is 2.70 bits per heavy atom. The normalized spacial score (nSPS) is 21.6. The molecule has 0 aliphatic carbocycles. The lowest BCUT2D eigenvalue weighted by atomic mass is 9.92. The maximum Gasteiger partial charge on any atom is 0.416 e. The smallest absolute Gasteiger partial charge is 0.381 e. The lowest BCUT2D eigenvalue weighted by Crippen LogP contribution is -2.38. The highest BCUT2D eigenvalue weighted by Crippen LogP contribution is 2.34. The van der Waals surface area contributed by atoms with Crippen molar-refractivity contribution in [2.24, 2.45) is 5.92 Å². The van der Waals surface area contributed by atoms with E-state index in [0.29, 0.717) is 16.1 Å². The molecule has 2 unspecified atom stereocenters. The third-order valence-corrected chi connectivity index (χ3v) is 4.38. The first-order chi connectivity index (χ1) is 9.38. The van der Waals surface area contributed by atoms with E-state index in [1.54, 1.807) is 0 Å². The minimum atomic E-state index is -4.31.